The fraction of sp³-hybridized carbons (Fsp3) is 0.444. The molecule has 0 spiro atoms. The highest BCUT2D eigenvalue weighted by Gasteiger charge is 2.24. The summed E-state index contributed by atoms with van der Waals surface area (Å²) >= 11 is 0. The van der Waals surface area contributed by atoms with Crippen molar-refractivity contribution in [2.45, 2.75) is 97.8 Å². The van der Waals surface area contributed by atoms with Crippen LogP contribution in [-0.2, 0) is 32.1 Å². The summed E-state index contributed by atoms with van der Waals surface area (Å²) in [6.07, 6.45) is 6.31. The first-order valence-corrected chi connectivity index (χ1v) is 15.8. The number of methoxy groups -OCH3 is 1. The van der Waals surface area contributed by atoms with Gasteiger partial charge < -0.3 is 24.3 Å². The molecule has 0 aliphatic heterocycles. The number of amides is 1. The second kappa shape index (κ2) is 15.1. The van der Waals surface area contributed by atoms with Crippen LogP contribution in [0, 0.1) is 6.92 Å². The number of carbonyl (C=O) groups excluding carboxylic acids is 3. The highest BCUT2D eigenvalue weighted by Crippen LogP contribution is 2.31. The standard InChI is InChI=1S/C36H46N4O5/c1-7-26(41)16-12-9-13-17-30(35-37-22-31(39-35)25-14-10-8-11-15-25)38-33(42)21-28-24(2)40(23-34(43)45-36(3,4)5)32-19-18-27(44-6)20-29(28)32/h8,10-11,14-15,18-20,22,30H,7,9,12-13,16-17,21,23H2,1-6H3,(H,37,39)(H,38,42)/t30-/m0/s1. The zero-order chi connectivity index (χ0) is 32.6. The molecule has 2 heterocycles. The van der Waals surface area contributed by atoms with Crippen LogP contribution in [0.2, 0.25) is 0 Å². The molecule has 2 aromatic carbocycles. The second-order valence-electron chi connectivity index (χ2n) is 12.5. The lowest BCUT2D eigenvalue weighted by atomic mass is 10.0. The van der Waals surface area contributed by atoms with Crippen LogP contribution in [0.25, 0.3) is 22.2 Å². The number of rotatable bonds is 15. The highest BCUT2D eigenvalue weighted by molar-refractivity contribution is 5.92. The molecular weight excluding hydrogens is 568 g/mol. The zero-order valence-electron chi connectivity index (χ0n) is 27.4. The van der Waals surface area contributed by atoms with Gasteiger partial charge in [-0.05, 0) is 69.9 Å². The van der Waals surface area contributed by atoms with Crippen LogP contribution in [0.1, 0.15) is 89.3 Å². The molecule has 240 valence electrons. The Morgan fingerprint density at radius 2 is 1.80 bits per heavy atom. The Labute approximate surface area is 265 Å². The fourth-order valence-electron chi connectivity index (χ4n) is 5.57. The van der Waals surface area contributed by atoms with Gasteiger partial charge in [0, 0.05) is 29.4 Å². The average molecular weight is 615 g/mol. The number of benzene rings is 2. The minimum Gasteiger partial charge on any atom is -0.497 e. The van der Waals surface area contributed by atoms with Crippen molar-refractivity contribution in [3.8, 4) is 17.0 Å². The number of nitrogens with zero attached hydrogens (tertiary/aromatic N) is 2. The lowest BCUT2D eigenvalue weighted by Crippen LogP contribution is -2.31. The molecule has 0 fully saturated rings. The normalized spacial score (nSPS) is 12.2. The van der Waals surface area contributed by atoms with Gasteiger partial charge in [-0.25, -0.2) is 4.98 Å². The summed E-state index contributed by atoms with van der Waals surface area (Å²) in [6, 6.07) is 15.3. The van der Waals surface area contributed by atoms with Crippen LogP contribution in [0.3, 0.4) is 0 Å². The summed E-state index contributed by atoms with van der Waals surface area (Å²) in [4.78, 5) is 46.4. The molecule has 9 nitrogen and oxygen atoms in total. The third-order valence-corrected chi connectivity index (χ3v) is 7.89. The Morgan fingerprint density at radius 1 is 1.04 bits per heavy atom. The smallest absolute Gasteiger partial charge is 0.326 e. The number of hydrogen-bond donors (Lipinski definition) is 2. The van der Waals surface area contributed by atoms with Gasteiger partial charge in [0.25, 0.3) is 0 Å². The summed E-state index contributed by atoms with van der Waals surface area (Å²) in [5.74, 6) is 1.14. The third-order valence-electron chi connectivity index (χ3n) is 7.89. The Bertz CT molecular complexity index is 1610. The first-order chi connectivity index (χ1) is 21.5. The van der Waals surface area contributed by atoms with Crippen molar-refractivity contribution < 1.29 is 23.9 Å². The number of aromatic amines is 1. The molecule has 0 saturated heterocycles. The number of fused-ring (bicyclic) bond motifs is 1. The van der Waals surface area contributed by atoms with E-state index in [1.807, 2.05) is 87.7 Å². The van der Waals surface area contributed by atoms with E-state index >= 15 is 0 Å². The van der Waals surface area contributed by atoms with E-state index in [-0.39, 0.29) is 36.7 Å². The summed E-state index contributed by atoms with van der Waals surface area (Å²) in [7, 11) is 1.61. The number of aromatic nitrogens is 3. The SMILES string of the molecule is CCC(=O)CCCCC[C@H](NC(=O)Cc1c(C)n(CC(=O)OC(C)(C)C)c2ccc(OC)cc12)c1ncc(-c2ccccc2)[nH]1. The lowest BCUT2D eigenvalue weighted by Gasteiger charge is -2.20. The molecule has 0 unspecified atom stereocenters. The Kier molecular flexibility index (Phi) is 11.2. The number of imidazole rings is 1. The number of Topliss-reactive ketones (excluding diaryl/α,β-unsaturated/α-hetero) is 1. The average Bonchev–Trinajstić information content (AvgIpc) is 3.59. The van der Waals surface area contributed by atoms with E-state index in [1.165, 1.54) is 0 Å². The maximum atomic E-state index is 13.7. The van der Waals surface area contributed by atoms with Gasteiger partial charge >= 0.3 is 5.97 Å². The van der Waals surface area contributed by atoms with Gasteiger partial charge in [0.15, 0.2) is 0 Å². The van der Waals surface area contributed by atoms with E-state index in [0.29, 0.717) is 30.8 Å². The second-order valence-corrected chi connectivity index (χ2v) is 12.5. The van der Waals surface area contributed by atoms with E-state index in [0.717, 1.165) is 52.7 Å². The van der Waals surface area contributed by atoms with Crippen molar-refractivity contribution in [1.29, 1.82) is 0 Å². The maximum absolute atomic E-state index is 13.7. The van der Waals surface area contributed by atoms with Crippen LogP contribution >= 0.6 is 0 Å². The van der Waals surface area contributed by atoms with Crippen LogP contribution in [0.5, 0.6) is 5.75 Å². The Hall–Kier alpha value is -4.40. The van der Waals surface area contributed by atoms with E-state index in [1.54, 1.807) is 13.3 Å². The van der Waals surface area contributed by atoms with Crippen molar-refractivity contribution in [3.05, 3.63) is 71.8 Å². The van der Waals surface area contributed by atoms with E-state index in [4.69, 9.17) is 9.47 Å². The summed E-state index contributed by atoms with van der Waals surface area (Å²) in [5.41, 5.74) is 3.77. The quantitative estimate of drug-likeness (QED) is 0.110. The molecule has 1 atom stereocenters. The van der Waals surface area contributed by atoms with Crippen molar-refractivity contribution in [1.82, 2.24) is 19.9 Å². The molecule has 0 radical (unpaired) electrons. The van der Waals surface area contributed by atoms with Crippen LogP contribution in [-0.4, -0.2) is 44.9 Å². The lowest BCUT2D eigenvalue weighted by molar-refractivity contribution is -0.155. The maximum Gasteiger partial charge on any atom is 0.326 e. The first-order valence-electron chi connectivity index (χ1n) is 15.8. The molecule has 1 amide bonds. The van der Waals surface area contributed by atoms with Gasteiger partial charge in [-0.1, -0.05) is 50.1 Å². The molecule has 4 aromatic rings. The molecule has 9 heteroatoms. The highest BCUT2D eigenvalue weighted by atomic mass is 16.6. The Balaban J connectivity index is 1.57. The third kappa shape index (κ3) is 9.06. The van der Waals surface area contributed by atoms with Crippen molar-refractivity contribution in [2.24, 2.45) is 0 Å². The molecule has 45 heavy (non-hydrogen) atoms. The van der Waals surface area contributed by atoms with Crippen molar-refractivity contribution >= 4 is 28.6 Å². The minimum atomic E-state index is -0.605. The molecule has 0 saturated carbocycles. The Morgan fingerprint density at radius 3 is 2.49 bits per heavy atom. The fourth-order valence-corrected chi connectivity index (χ4v) is 5.57. The minimum absolute atomic E-state index is 0.0331. The molecule has 0 aliphatic rings. The van der Waals surface area contributed by atoms with Gasteiger partial charge in [0.05, 0.1) is 31.5 Å². The van der Waals surface area contributed by atoms with Gasteiger partial charge in [-0.3, -0.25) is 14.4 Å². The van der Waals surface area contributed by atoms with Crippen molar-refractivity contribution in [2.75, 3.05) is 7.11 Å². The van der Waals surface area contributed by atoms with Crippen LogP contribution < -0.4 is 10.1 Å². The molecule has 0 aliphatic carbocycles. The molecule has 2 aromatic heterocycles. The van der Waals surface area contributed by atoms with Crippen molar-refractivity contribution in [3.63, 3.8) is 0 Å². The van der Waals surface area contributed by atoms with E-state index < -0.39 is 5.60 Å². The van der Waals surface area contributed by atoms with E-state index in [2.05, 4.69) is 15.3 Å². The number of unbranched alkanes of at least 4 members (excludes halogenated alkanes) is 2. The predicted octanol–water partition coefficient (Wildman–Crippen LogP) is 7.02. The molecular formula is C36H46N4O5. The predicted molar refractivity (Wildman–Crippen MR) is 176 cm³/mol. The number of H-pyrrole nitrogens is 1. The first kappa shape index (κ1) is 33.5. The number of hydrogen-bond acceptors (Lipinski definition) is 6. The van der Waals surface area contributed by atoms with Gasteiger partial charge in [-0.15, -0.1) is 0 Å². The number of nitrogens with one attached hydrogen (secondary N) is 2. The topological polar surface area (TPSA) is 115 Å². The monoisotopic (exact) mass is 614 g/mol. The zero-order valence-corrected chi connectivity index (χ0v) is 27.4. The summed E-state index contributed by atoms with van der Waals surface area (Å²) in [6.45, 7) is 9.37. The van der Waals surface area contributed by atoms with Crippen LogP contribution in [0.4, 0.5) is 0 Å². The number of carbonyl (C=O) groups is 3. The van der Waals surface area contributed by atoms with Crippen LogP contribution in [0.15, 0.2) is 54.7 Å². The van der Waals surface area contributed by atoms with Gasteiger partial charge in [0.2, 0.25) is 5.91 Å². The summed E-state index contributed by atoms with van der Waals surface area (Å²) < 4.78 is 13.0. The molecule has 2 N–H and O–H groups in total. The molecule has 0 bridgehead atoms. The summed E-state index contributed by atoms with van der Waals surface area (Å²) in [5, 5.41) is 4.08. The molecule has 4 rings (SSSR count). The number of esters is 1. The van der Waals surface area contributed by atoms with Gasteiger partial charge in [0.1, 0.15) is 29.5 Å². The largest absolute Gasteiger partial charge is 0.497 e. The van der Waals surface area contributed by atoms with Gasteiger partial charge in [-0.2, -0.15) is 0 Å². The number of ether oxygens (including phenoxy) is 2. The number of ketones is 1. The van der Waals surface area contributed by atoms with E-state index in [9.17, 15) is 14.4 Å².